The van der Waals surface area contributed by atoms with Gasteiger partial charge in [0.2, 0.25) is 0 Å². The lowest BCUT2D eigenvalue weighted by Crippen LogP contribution is -1.96. The maximum atomic E-state index is 13.5. The molecule has 1 aromatic carbocycles. The number of halogens is 1. The van der Waals surface area contributed by atoms with Gasteiger partial charge in [-0.3, -0.25) is 4.68 Å². The van der Waals surface area contributed by atoms with Crippen LogP contribution in [0.25, 0.3) is 11.3 Å². The van der Waals surface area contributed by atoms with Gasteiger partial charge in [0, 0.05) is 18.3 Å². The molecule has 0 saturated heterocycles. The fourth-order valence-corrected chi connectivity index (χ4v) is 1.74. The zero-order chi connectivity index (χ0) is 12.4. The average Bonchev–Trinajstić information content (AvgIpc) is 2.64. The van der Waals surface area contributed by atoms with E-state index in [0.717, 1.165) is 18.5 Å². The predicted molar refractivity (Wildman–Crippen MR) is 67.1 cm³/mol. The quantitative estimate of drug-likeness (QED) is 0.885. The molecule has 17 heavy (non-hydrogen) atoms. The number of hydrogen-bond donors (Lipinski definition) is 1. The van der Waals surface area contributed by atoms with Crippen LogP contribution in [0.1, 0.15) is 18.9 Å². The molecule has 0 radical (unpaired) electrons. The third-order valence-corrected chi connectivity index (χ3v) is 2.69. The molecule has 0 fully saturated rings. The predicted octanol–water partition coefficient (Wildman–Crippen LogP) is 2.99. The zero-order valence-electron chi connectivity index (χ0n) is 10.1. The van der Waals surface area contributed by atoms with Crippen LogP contribution in [-0.4, -0.2) is 9.78 Å². The summed E-state index contributed by atoms with van der Waals surface area (Å²) >= 11 is 0. The number of nitrogens with zero attached hydrogens (tertiary/aromatic N) is 2. The van der Waals surface area contributed by atoms with Crippen LogP contribution >= 0.6 is 0 Å². The lowest BCUT2D eigenvalue weighted by Gasteiger charge is -2.01. The molecule has 3 nitrogen and oxygen atoms in total. The molecule has 0 saturated carbocycles. The number of anilines is 1. The topological polar surface area (TPSA) is 43.8 Å². The summed E-state index contributed by atoms with van der Waals surface area (Å²) in [7, 11) is 0. The first-order valence-electron chi connectivity index (χ1n) is 5.71. The number of rotatable bonds is 3. The first kappa shape index (κ1) is 11.6. The van der Waals surface area contributed by atoms with Crippen molar-refractivity contribution in [2.75, 3.05) is 5.73 Å². The highest BCUT2D eigenvalue weighted by molar-refractivity contribution is 5.72. The number of aryl methyl sites for hydroxylation is 2. The van der Waals surface area contributed by atoms with E-state index in [0.29, 0.717) is 16.9 Å². The van der Waals surface area contributed by atoms with Gasteiger partial charge in [0.1, 0.15) is 11.5 Å². The maximum Gasteiger partial charge on any atom is 0.126 e. The fraction of sp³-hybridized carbons (Fsp3) is 0.308. The Hall–Kier alpha value is -1.84. The minimum Gasteiger partial charge on any atom is -0.396 e. The summed E-state index contributed by atoms with van der Waals surface area (Å²) < 4.78 is 15.3. The normalized spacial score (nSPS) is 10.8. The second-order valence-electron chi connectivity index (χ2n) is 4.16. The molecule has 2 N–H and O–H groups in total. The van der Waals surface area contributed by atoms with Gasteiger partial charge in [0.25, 0.3) is 0 Å². The molecule has 0 spiro atoms. The summed E-state index contributed by atoms with van der Waals surface area (Å²) in [5.74, 6) is -0.230. The van der Waals surface area contributed by atoms with Crippen LogP contribution in [0, 0.1) is 12.7 Å². The number of nitrogen functional groups attached to an aromatic ring is 1. The van der Waals surface area contributed by atoms with Gasteiger partial charge in [0.15, 0.2) is 0 Å². The summed E-state index contributed by atoms with van der Waals surface area (Å²) in [6, 6.07) is 5.06. The lowest BCUT2D eigenvalue weighted by molar-refractivity contribution is 0.604. The van der Waals surface area contributed by atoms with Gasteiger partial charge >= 0.3 is 0 Å². The van der Waals surface area contributed by atoms with Gasteiger partial charge in [-0.2, -0.15) is 5.10 Å². The summed E-state index contributed by atoms with van der Waals surface area (Å²) in [6.45, 7) is 4.62. The molecule has 0 unspecified atom stereocenters. The molecule has 90 valence electrons. The van der Waals surface area contributed by atoms with Crippen LogP contribution in [0.3, 0.4) is 0 Å². The smallest absolute Gasteiger partial charge is 0.126 e. The van der Waals surface area contributed by atoms with Gasteiger partial charge in [-0.15, -0.1) is 0 Å². The summed E-state index contributed by atoms with van der Waals surface area (Å²) in [5, 5.41) is 4.37. The van der Waals surface area contributed by atoms with Crippen LogP contribution in [-0.2, 0) is 6.54 Å². The Labute approximate surface area is 100 Å². The van der Waals surface area contributed by atoms with E-state index < -0.39 is 0 Å². The average molecular weight is 233 g/mol. The highest BCUT2D eigenvalue weighted by Gasteiger charge is 2.09. The van der Waals surface area contributed by atoms with Gasteiger partial charge in [-0.1, -0.05) is 19.1 Å². The molecular weight excluding hydrogens is 217 g/mol. The minimum atomic E-state index is -0.230. The van der Waals surface area contributed by atoms with E-state index in [1.54, 1.807) is 23.9 Å². The molecule has 0 atom stereocenters. The van der Waals surface area contributed by atoms with E-state index in [4.69, 9.17) is 5.73 Å². The molecule has 2 rings (SSSR count). The maximum absolute atomic E-state index is 13.5. The summed E-state index contributed by atoms with van der Waals surface area (Å²) in [5.41, 5.74) is 8.47. The van der Waals surface area contributed by atoms with Crippen molar-refractivity contribution in [2.24, 2.45) is 0 Å². The van der Waals surface area contributed by atoms with E-state index in [1.165, 1.54) is 6.07 Å². The van der Waals surface area contributed by atoms with E-state index in [1.807, 2.05) is 6.07 Å². The van der Waals surface area contributed by atoms with Gasteiger partial charge in [-0.25, -0.2) is 4.39 Å². The van der Waals surface area contributed by atoms with Crippen LogP contribution < -0.4 is 5.73 Å². The monoisotopic (exact) mass is 233 g/mol. The Bertz CT molecular complexity index is 531. The summed E-state index contributed by atoms with van der Waals surface area (Å²) in [6.07, 6.45) is 2.78. The second kappa shape index (κ2) is 4.57. The number of benzene rings is 1. The second-order valence-corrected chi connectivity index (χ2v) is 4.16. The van der Waals surface area contributed by atoms with Crippen molar-refractivity contribution in [1.29, 1.82) is 0 Å². The highest BCUT2D eigenvalue weighted by atomic mass is 19.1. The molecule has 4 heteroatoms. The van der Waals surface area contributed by atoms with Crippen molar-refractivity contribution < 1.29 is 4.39 Å². The van der Waals surface area contributed by atoms with Crippen LogP contribution in [0.2, 0.25) is 0 Å². The van der Waals surface area contributed by atoms with Crippen LogP contribution in [0.5, 0.6) is 0 Å². The van der Waals surface area contributed by atoms with Crippen LogP contribution in [0.15, 0.2) is 24.4 Å². The number of nitrogens with two attached hydrogens (primary N) is 1. The third-order valence-electron chi connectivity index (χ3n) is 2.69. The Morgan fingerprint density at radius 3 is 2.82 bits per heavy atom. The fourth-order valence-electron chi connectivity index (χ4n) is 1.74. The van der Waals surface area contributed by atoms with E-state index in [2.05, 4.69) is 12.0 Å². The minimum absolute atomic E-state index is 0.230. The third kappa shape index (κ3) is 2.30. The molecule has 2 aromatic rings. The Balaban J connectivity index is 2.41. The molecule has 0 bridgehead atoms. The van der Waals surface area contributed by atoms with Gasteiger partial charge in [0.05, 0.1) is 5.69 Å². The SMILES string of the molecule is CCCn1cc(N)c(-c2ccc(C)c(F)c2)n1. The Morgan fingerprint density at radius 1 is 1.41 bits per heavy atom. The van der Waals surface area contributed by atoms with Crippen molar-refractivity contribution in [2.45, 2.75) is 26.8 Å². The molecule has 0 aliphatic heterocycles. The van der Waals surface area contributed by atoms with Crippen LogP contribution in [0.4, 0.5) is 10.1 Å². The van der Waals surface area contributed by atoms with E-state index >= 15 is 0 Å². The Kier molecular flexibility index (Phi) is 3.13. The van der Waals surface area contributed by atoms with Gasteiger partial charge in [-0.05, 0) is 25.0 Å². The van der Waals surface area contributed by atoms with Crippen molar-refractivity contribution in [3.05, 3.63) is 35.8 Å². The zero-order valence-corrected chi connectivity index (χ0v) is 10.1. The first-order valence-corrected chi connectivity index (χ1v) is 5.71. The van der Waals surface area contributed by atoms with E-state index in [-0.39, 0.29) is 5.82 Å². The molecule has 0 aliphatic carbocycles. The molecule has 1 heterocycles. The van der Waals surface area contributed by atoms with Gasteiger partial charge < -0.3 is 5.73 Å². The first-order chi connectivity index (χ1) is 8.11. The van der Waals surface area contributed by atoms with Crippen molar-refractivity contribution >= 4 is 5.69 Å². The molecular formula is C13H16FN3. The summed E-state index contributed by atoms with van der Waals surface area (Å²) in [4.78, 5) is 0. The molecule has 0 amide bonds. The Morgan fingerprint density at radius 2 is 2.18 bits per heavy atom. The van der Waals surface area contributed by atoms with Crippen molar-refractivity contribution in [3.8, 4) is 11.3 Å². The van der Waals surface area contributed by atoms with Crippen molar-refractivity contribution in [1.82, 2.24) is 9.78 Å². The molecule has 0 aliphatic rings. The number of aromatic nitrogens is 2. The molecule has 1 aromatic heterocycles. The lowest BCUT2D eigenvalue weighted by atomic mass is 10.1. The highest BCUT2D eigenvalue weighted by Crippen LogP contribution is 2.25. The van der Waals surface area contributed by atoms with Crippen molar-refractivity contribution in [3.63, 3.8) is 0 Å². The number of hydrogen-bond acceptors (Lipinski definition) is 2. The van der Waals surface area contributed by atoms with E-state index in [9.17, 15) is 4.39 Å². The standard InChI is InChI=1S/C13H16FN3/c1-3-6-17-8-12(15)13(16-17)10-5-4-9(2)11(14)7-10/h4-5,7-8H,3,6,15H2,1-2H3. The largest absolute Gasteiger partial charge is 0.396 e.